The van der Waals surface area contributed by atoms with E-state index in [2.05, 4.69) is 63.2 Å². The molecule has 0 radical (unpaired) electrons. The summed E-state index contributed by atoms with van der Waals surface area (Å²) in [4.78, 5) is 17.1. The second-order valence-electron chi connectivity index (χ2n) is 6.48. The normalized spacial score (nSPS) is 10.6. The molecule has 0 aliphatic rings. The van der Waals surface area contributed by atoms with E-state index < -0.39 is 0 Å². The summed E-state index contributed by atoms with van der Waals surface area (Å²) in [6, 6.07) is 18.8. The molecule has 3 aromatic rings. The summed E-state index contributed by atoms with van der Waals surface area (Å²) in [7, 11) is 3.78. The molecule has 0 bridgehead atoms. The van der Waals surface area contributed by atoms with Crippen molar-refractivity contribution in [3.8, 4) is 0 Å². The van der Waals surface area contributed by atoms with Crippen LogP contribution in [0.1, 0.15) is 17.0 Å². The molecule has 0 aliphatic carbocycles. The smallest absolute Gasteiger partial charge is 0.229 e. The number of rotatable bonds is 6. The molecule has 0 aliphatic heterocycles. The molecule has 0 saturated carbocycles. The first-order chi connectivity index (χ1) is 12.5. The third kappa shape index (κ3) is 4.47. The molecule has 0 saturated heterocycles. The van der Waals surface area contributed by atoms with Gasteiger partial charge in [0.15, 0.2) is 5.82 Å². The molecule has 3 rings (SSSR count). The van der Waals surface area contributed by atoms with E-state index in [1.165, 1.54) is 11.1 Å². The number of anilines is 3. The average molecular weight is 348 g/mol. The molecule has 0 fully saturated rings. The molecule has 0 spiro atoms. The highest BCUT2D eigenvalue weighted by molar-refractivity contribution is 5.48. The van der Waals surface area contributed by atoms with Crippen LogP contribution >= 0.6 is 0 Å². The Morgan fingerprint density at radius 2 is 1.54 bits per heavy atom. The quantitative estimate of drug-likeness (QED) is 0.738. The molecule has 0 atom stereocenters. The van der Waals surface area contributed by atoms with Gasteiger partial charge in [-0.25, -0.2) is 0 Å². The van der Waals surface area contributed by atoms with Crippen LogP contribution in [0.4, 0.5) is 17.6 Å². The Hall–Kier alpha value is -3.15. The minimum atomic E-state index is 0.238. The van der Waals surface area contributed by atoms with Crippen LogP contribution in [0.2, 0.25) is 0 Å². The molecule has 2 N–H and O–H groups in total. The summed E-state index contributed by atoms with van der Waals surface area (Å²) < 4.78 is 0. The zero-order valence-corrected chi connectivity index (χ0v) is 15.4. The van der Waals surface area contributed by atoms with Crippen LogP contribution in [-0.4, -0.2) is 29.0 Å². The monoisotopic (exact) mass is 348 g/mol. The number of aryl methyl sites for hydroxylation is 1. The minimum Gasteiger partial charge on any atom is -0.368 e. The van der Waals surface area contributed by atoms with Crippen LogP contribution in [0.15, 0.2) is 54.6 Å². The predicted molar refractivity (Wildman–Crippen MR) is 106 cm³/mol. The lowest BCUT2D eigenvalue weighted by atomic mass is 10.1. The van der Waals surface area contributed by atoms with Gasteiger partial charge in [-0.15, -0.1) is 0 Å². The van der Waals surface area contributed by atoms with E-state index in [0.717, 1.165) is 12.2 Å². The predicted octanol–water partition coefficient (Wildman–Crippen LogP) is 3.04. The van der Waals surface area contributed by atoms with Crippen molar-refractivity contribution in [3.63, 3.8) is 0 Å². The molecule has 1 heterocycles. The highest BCUT2D eigenvalue weighted by Crippen LogP contribution is 2.20. The van der Waals surface area contributed by atoms with Crippen LogP contribution in [0.25, 0.3) is 0 Å². The van der Waals surface area contributed by atoms with E-state index in [-0.39, 0.29) is 5.95 Å². The van der Waals surface area contributed by atoms with Gasteiger partial charge >= 0.3 is 0 Å². The summed E-state index contributed by atoms with van der Waals surface area (Å²) >= 11 is 0. The minimum absolute atomic E-state index is 0.238. The first-order valence-electron chi connectivity index (χ1n) is 8.54. The van der Waals surface area contributed by atoms with Crippen molar-refractivity contribution in [2.24, 2.45) is 0 Å². The Balaban J connectivity index is 1.91. The molecule has 0 amide bonds. The van der Waals surface area contributed by atoms with Gasteiger partial charge in [0.1, 0.15) is 0 Å². The second kappa shape index (κ2) is 7.82. The standard InChI is InChI=1S/C20H24N6/c1-15-9-11-17(12-10-15)26(13-16-7-5-4-6-8-16)14-18-22-19(21)24-20(23-18)25(2)3/h4-12H,13-14H2,1-3H3,(H2,21,22,23,24). The Morgan fingerprint density at radius 3 is 2.19 bits per heavy atom. The van der Waals surface area contributed by atoms with Gasteiger partial charge in [-0.3, -0.25) is 0 Å². The van der Waals surface area contributed by atoms with E-state index in [0.29, 0.717) is 18.3 Å². The SMILES string of the molecule is Cc1ccc(N(Cc2ccccc2)Cc2nc(N)nc(N(C)C)n2)cc1. The summed E-state index contributed by atoms with van der Waals surface area (Å²) in [5, 5.41) is 0. The Labute approximate surface area is 154 Å². The van der Waals surface area contributed by atoms with E-state index in [9.17, 15) is 0 Å². The van der Waals surface area contributed by atoms with Gasteiger partial charge in [-0.05, 0) is 24.6 Å². The largest absolute Gasteiger partial charge is 0.368 e. The number of benzene rings is 2. The zero-order chi connectivity index (χ0) is 18.5. The maximum atomic E-state index is 5.88. The summed E-state index contributed by atoms with van der Waals surface area (Å²) in [6.45, 7) is 3.39. The number of aromatic nitrogens is 3. The molecule has 2 aromatic carbocycles. The molecule has 0 unspecified atom stereocenters. The summed E-state index contributed by atoms with van der Waals surface area (Å²) in [6.07, 6.45) is 0. The fourth-order valence-electron chi connectivity index (χ4n) is 2.66. The van der Waals surface area contributed by atoms with Gasteiger partial charge in [-0.2, -0.15) is 15.0 Å². The van der Waals surface area contributed by atoms with Crippen LogP contribution < -0.4 is 15.5 Å². The maximum Gasteiger partial charge on any atom is 0.229 e. The number of nitrogens with zero attached hydrogens (tertiary/aromatic N) is 5. The Kier molecular flexibility index (Phi) is 5.31. The zero-order valence-electron chi connectivity index (χ0n) is 15.4. The molecule has 6 heteroatoms. The number of nitrogen functional groups attached to an aromatic ring is 1. The molecule has 134 valence electrons. The number of hydrogen-bond acceptors (Lipinski definition) is 6. The van der Waals surface area contributed by atoms with Gasteiger partial charge < -0.3 is 15.5 Å². The first kappa shape index (κ1) is 17.7. The van der Waals surface area contributed by atoms with Crippen molar-refractivity contribution in [1.29, 1.82) is 0 Å². The van der Waals surface area contributed by atoms with Crippen LogP contribution in [0, 0.1) is 6.92 Å². The molecule has 26 heavy (non-hydrogen) atoms. The Morgan fingerprint density at radius 1 is 0.846 bits per heavy atom. The van der Waals surface area contributed by atoms with Gasteiger partial charge in [-0.1, -0.05) is 48.0 Å². The maximum absolute atomic E-state index is 5.88. The lowest BCUT2D eigenvalue weighted by Gasteiger charge is -2.25. The van der Waals surface area contributed by atoms with E-state index >= 15 is 0 Å². The molecular formula is C20H24N6. The van der Waals surface area contributed by atoms with Gasteiger partial charge in [0.2, 0.25) is 11.9 Å². The molecular weight excluding hydrogens is 324 g/mol. The highest BCUT2D eigenvalue weighted by Gasteiger charge is 2.13. The van der Waals surface area contributed by atoms with Gasteiger partial charge in [0.25, 0.3) is 0 Å². The van der Waals surface area contributed by atoms with Gasteiger partial charge in [0.05, 0.1) is 6.54 Å². The third-order valence-corrected chi connectivity index (χ3v) is 4.03. The lowest BCUT2D eigenvalue weighted by Crippen LogP contribution is -2.25. The third-order valence-electron chi connectivity index (χ3n) is 4.03. The highest BCUT2D eigenvalue weighted by atomic mass is 15.3. The first-order valence-corrected chi connectivity index (χ1v) is 8.54. The number of hydrogen-bond donors (Lipinski definition) is 1. The van der Waals surface area contributed by atoms with Crippen LogP contribution in [0.3, 0.4) is 0 Å². The van der Waals surface area contributed by atoms with Crippen molar-refractivity contribution in [1.82, 2.24) is 15.0 Å². The van der Waals surface area contributed by atoms with Crippen molar-refractivity contribution >= 4 is 17.6 Å². The summed E-state index contributed by atoms with van der Waals surface area (Å²) in [5.41, 5.74) is 9.45. The number of nitrogens with two attached hydrogens (primary N) is 1. The van der Waals surface area contributed by atoms with Crippen molar-refractivity contribution < 1.29 is 0 Å². The van der Waals surface area contributed by atoms with E-state index in [1.54, 1.807) is 0 Å². The average Bonchev–Trinajstić information content (AvgIpc) is 2.62. The van der Waals surface area contributed by atoms with Gasteiger partial charge in [0, 0.05) is 26.3 Å². The van der Waals surface area contributed by atoms with Crippen molar-refractivity contribution in [3.05, 3.63) is 71.5 Å². The fraction of sp³-hybridized carbons (Fsp3) is 0.250. The lowest BCUT2D eigenvalue weighted by molar-refractivity contribution is 0.747. The van der Waals surface area contributed by atoms with Crippen molar-refractivity contribution in [2.75, 3.05) is 29.6 Å². The molecule has 1 aromatic heterocycles. The van der Waals surface area contributed by atoms with Crippen molar-refractivity contribution in [2.45, 2.75) is 20.0 Å². The van der Waals surface area contributed by atoms with Crippen LogP contribution in [0.5, 0.6) is 0 Å². The molecule has 6 nitrogen and oxygen atoms in total. The second-order valence-corrected chi connectivity index (χ2v) is 6.48. The topological polar surface area (TPSA) is 71.2 Å². The van der Waals surface area contributed by atoms with E-state index in [4.69, 9.17) is 5.73 Å². The summed E-state index contributed by atoms with van der Waals surface area (Å²) in [5.74, 6) is 1.45. The van der Waals surface area contributed by atoms with Crippen LogP contribution in [-0.2, 0) is 13.1 Å². The Bertz CT molecular complexity index is 846. The van der Waals surface area contributed by atoms with E-state index in [1.807, 2.05) is 37.2 Å². The fourth-order valence-corrected chi connectivity index (χ4v) is 2.66.